The fraction of sp³-hybridized carbons (Fsp3) is 0.0952. The monoisotopic (exact) mass is 405 g/mol. The van der Waals surface area contributed by atoms with E-state index in [0.717, 1.165) is 7.11 Å². The molecule has 28 heavy (non-hydrogen) atoms. The maximum atomic E-state index is 11.1. The van der Waals surface area contributed by atoms with Gasteiger partial charge in [-0.2, -0.15) is 8.78 Å². The van der Waals surface area contributed by atoms with Gasteiger partial charge < -0.3 is 4.90 Å². The number of aryl methyl sites for hydroxylation is 1. The minimum absolute atomic E-state index is 0.724. The van der Waals surface area contributed by atoms with E-state index in [-0.39, 0.29) is 0 Å². The first-order valence-electron chi connectivity index (χ1n) is 8.32. The van der Waals surface area contributed by atoms with Gasteiger partial charge in [-0.25, -0.2) is 4.21 Å². The SMILES string of the molecule is COS(=O)(O)=C(F)F.Cc1cccc(N(c2ccccc2)c2ccccc2)c1. The van der Waals surface area contributed by atoms with Gasteiger partial charge >= 0.3 is 5.37 Å². The van der Waals surface area contributed by atoms with Crippen LogP contribution in [-0.2, 0) is 14.3 Å². The van der Waals surface area contributed by atoms with Gasteiger partial charge in [0.05, 0.1) is 7.11 Å². The summed E-state index contributed by atoms with van der Waals surface area (Å²) in [6.45, 7) is 2.12. The fourth-order valence-electron chi connectivity index (χ4n) is 2.43. The van der Waals surface area contributed by atoms with E-state index in [0.29, 0.717) is 0 Å². The highest BCUT2D eigenvalue weighted by Gasteiger charge is 2.11. The molecule has 3 rings (SSSR count). The van der Waals surface area contributed by atoms with Crippen LogP contribution in [0.3, 0.4) is 0 Å². The Balaban J connectivity index is 0.000000300. The Morgan fingerprint density at radius 1 is 0.857 bits per heavy atom. The molecule has 7 heteroatoms. The van der Waals surface area contributed by atoms with Crippen LogP contribution >= 0.6 is 0 Å². The highest BCUT2D eigenvalue weighted by Crippen LogP contribution is 2.34. The number of hydrogen-bond acceptors (Lipinski definition) is 3. The van der Waals surface area contributed by atoms with E-state index in [1.807, 2.05) is 12.1 Å². The van der Waals surface area contributed by atoms with Crippen LogP contribution in [-0.4, -0.2) is 21.2 Å². The molecule has 0 aliphatic carbocycles. The van der Waals surface area contributed by atoms with Crippen LogP contribution in [0.4, 0.5) is 25.8 Å². The van der Waals surface area contributed by atoms with Gasteiger partial charge in [0.1, 0.15) is 0 Å². The van der Waals surface area contributed by atoms with Crippen LogP contribution in [0.15, 0.2) is 84.9 Å². The molecule has 3 aromatic rings. The summed E-state index contributed by atoms with van der Waals surface area (Å²) in [6, 6.07) is 29.5. The van der Waals surface area contributed by atoms with Crippen molar-refractivity contribution in [2.24, 2.45) is 0 Å². The molecule has 1 unspecified atom stereocenters. The van der Waals surface area contributed by atoms with E-state index in [9.17, 15) is 13.0 Å². The summed E-state index contributed by atoms with van der Waals surface area (Å²) in [5.41, 5.74) is 4.79. The summed E-state index contributed by atoms with van der Waals surface area (Å²) in [7, 11) is -3.68. The molecule has 1 N–H and O–H groups in total. The Morgan fingerprint density at radius 3 is 1.68 bits per heavy atom. The lowest BCUT2D eigenvalue weighted by Gasteiger charge is -2.25. The first kappa shape index (κ1) is 21.6. The van der Waals surface area contributed by atoms with Crippen molar-refractivity contribution in [3.05, 3.63) is 90.5 Å². The number of anilines is 3. The molecule has 0 heterocycles. The van der Waals surface area contributed by atoms with Gasteiger partial charge in [-0.1, -0.05) is 48.5 Å². The van der Waals surface area contributed by atoms with Crippen molar-refractivity contribution in [2.75, 3.05) is 12.0 Å². The second-order valence-corrected chi connectivity index (χ2v) is 7.31. The number of para-hydroxylation sites is 2. The first-order chi connectivity index (χ1) is 13.3. The van der Waals surface area contributed by atoms with E-state index in [2.05, 4.69) is 88.8 Å². The molecule has 0 saturated heterocycles. The van der Waals surface area contributed by atoms with E-state index >= 15 is 0 Å². The van der Waals surface area contributed by atoms with Crippen molar-refractivity contribution in [3.63, 3.8) is 0 Å². The molecule has 0 amide bonds. The normalized spacial score (nSPS) is 12.3. The Bertz CT molecular complexity index is 961. The van der Waals surface area contributed by atoms with Gasteiger partial charge in [0, 0.05) is 17.1 Å². The fourth-order valence-corrected chi connectivity index (χ4v) is 2.56. The molecule has 0 bridgehead atoms. The molecule has 0 saturated carbocycles. The topological polar surface area (TPSA) is 49.8 Å². The number of rotatable bonds is 4. The number of benzene rings is 3. The van der Waals surface area contributed by atoms with Crippen molar-refractivity contribution in [2.45, 2.75) is 6.92 Å². The maximum absolute atomic E-state index is 11.1. The summed E-state index contributed by atoms with van der Waals surface area (Å²) in [4.78, 5) is 2.27. The quantitative estimate of drug-likeness (QED) is 0.440. The standard InChI is InChI=1S/C19H17N.C2H4F2O3S/c1-16-9-8-14-19(15-16)20(17-10-4-2-5-11-17)18-12-6-3-7-13-18;1-7-8(5,6)2(3)4/h2-15H,1H3;1H3,(H,5,6). The third kappa shape index (κ3) is 5.88. The summed E-state index contributed by atoms with van der Waals surface area (Å²) in [5.74, 6) is 0. The maximum Gasteiger partial charge on any atom is 0.372 e. The van der Waals surface area contributed by atoms with Crippen molar-refractivity contribution in [1.82, 2.24) is 0 Å². The smallest absolute Gasteiger partial charge is 0.310 e. The lowest BCUT2D eigenvalue weighted by molar-refractivity contribution is 0.367. The lowest BCUT2D eigenvalue weighted by Crippen LogP contribution is -2.09. The van der Waals surface area contributed by atoms with Gasteiger partial charge in [0.25, 0.3) is 10.1 Å². The molecular formula is C21H21F2NO3S. The van der Waals surface area contributed by atoms with Gasteiger partial charge in [-0.05, 0) is 48.9 Å². The Morgan fingerprint density at radius 2 is 1.32 bits per heavy atom. The zero-order valence-electron chi connectivity index (χ0n) is 15.5. The lowest BCUT2D eigenvalue weighted by atomic mass is 10.1. The van der Waals surface area contributed by atoms with E-state index in [1.54, 1.807) is 0 Å². The molecule has 0 spiro atoms. The number of halogens is 2. The van der Waals surface area contributed by atoms with Crippen LogP contribution in [0, 0.1) is 6.92 Å². The Kier molecular flexibility index (Phi) is 7.69. The summed E-state index contributed by atoms with van der Waals surface area (Å²) >= 11 is 0. The van der Waals surface area contributed by atoms with Gasteiger partial charge in [-0.3, -0.25) is 8.74 Å². The zero-order valence-corrected chi connectivity index (χ0v) is 16.3. The summed E-state index contributed by atoms with van der Waals surface area (Å²) in [5, 5.41) is -2.61. The molecule has 0 aliphatic rings. The Hall–Kier alpha value is -2.74. The first-order valence-corrected chi connectivity index (χ1v) is 9.76. The zero-order chi connectivity index (χ0) is 20.6. The Labute approximate surface area is 164 Å². The average molecular weight is 405 g/mol. The molecule has 1 atom stereocenters. The van der Waals surface area contributed by atoms with Crippen molar-refractivity contribution in [1.29, 1.82) is 0 Å². The molecule has 0 aliphatic heterocycles. The molecular weight excluding hydrogens is 384 g/mol. The van der Waals surface area contributed by atoms with Gasteiger partial charge in [-0.15, -0.1) is 0 Å². The highest BCUT2D eigenvalue weighted by atomic mass is 32.2. The third-order valence-corrected chi connectivity index (χ3v) is 4.55. The van der Waals surface area contributed by atoms with Crippen LogP contribution in [0.5, 0.6) is 0 Å². The molecule has 3 aromatic carbocycles. The van der Waals surface area contributed by atoms with Crippen LogP contribution in [0.25, 0.3) is 0 Å². The van der Waals surface area contributed by atoms with Crippen LogP contribution < -0.4 is 4.90 Å². The minimum Gasteiger partial charge on any atom is -0.310 e. The van der Waals surface area contributed by atoms with E-state index in [4.69, 9.17) is 4.55 Å². The van der Waals surface area contributed by atoms with Crippen LogP contribution in [0.2, 0.25) is 0 Å². The average Bonchev–Trinajstić information content (AvgIpc) is 2.70. The van der Waals surface area contributed by atoms with Crippen molar-refractivity contribution in [3.8, 4) is 0 Å². The van der Waals surface area contributed by atoms with Crippen LogP contribution in [0.1, 0.15) is 5.56 Å². The summed E-state index contributed by atoms with van der Waals surface area (Å²) in [6.07, 6.45) is 0. The van der Waals surface area contributed by atoms with Gasteiger partial charge in [0.15, 0.2) is 0 Å². The molecule has 0 aromatic heterocycles. The second kappa shape index (κ2) is 9.98. The van der Waals surface area contributed by atoms with Gasteiger partial charge in [0.2, 0.25) is 0 Å². The number of nitrogens with zero attached hydrogens (tertiary/aromatic N) is 1. The second-order valence-electron chi connectivity index (χ2n) is 5.71. The van der Waals surface area contributed by atoms with Crippen molar-refractivity contribution < 1.29 is 21.7 Å². The summed E-state index contributed by atoms with van der Waals surface area (Å²) < 4.78 is 43.4. The van der Waals surface area contributed by atoms with Crippen molar-refractivity contribution >= 4 is 32.5 Å². The van der Waals surface area contributed by atoms with E-state index in [1.165, 1.54) is 22.6 Å². The predicted molar refractivity (Wildman–Crippen MR) is 111 cm³/mol. The highest BCUT2D eigenvalue weighted by molar-refractivity contribution is 7.92. The van der Waals surface area contributed by atoms with E-state index < -0.39 is 15.5 Å². The molecule has 0 radical (unpaired) electrons. The largest absolute Gasteiger partial charge is 0.372 e. The molecule has 4 nitrogen and oxygen atoms in total. The molecule has 0 fully saturated rings. The number of hydrogen-bond donors (Lipinski definition) is 1. The molecule has 148 valence electrons. The minimum atomic E-state index is -4.40. The predicted octanol–water partition coefficient (Wildman–Crippen LogP) is 5.80. The third-order valence-electron chi connectivity index (χ3n) is 3.71.